The minimum absolute atomic E-state index is 0.627. The Kier molecular flexibility index (Phi) is 6.91. The third-order valence-electron chi connectivity index (χ3n) is 10.0. The summed E-state index contributed by atoms with van der Waals surface area (Å²) in [4.78, 5) is 15.9. The summed E-state index contributed by atoms with van der Waals surface area (Å²) in [5.74, 6) is 2.81. The lowest BCUT2D eigenvalue weighted by molar-refractivity contribution is 0.595. The van der Waals surface area contributed by atoms with E-state index in [4.69, 9.17) is 19.4 Å². The van der Waals surface area contributed by atoms with Crippen molar-refractivity contribution >= 4 is 38.6 Å². The van der Waals surface area contributed by atoms with Gasteiger partial charge in [-0.3, -0.25) is 0 Å². The summed E-state index contributed by atoms with van der Waals surface area (Å²) in [5.41, 5.74) is 9.42. The number of rotatable bonds is 5. The number of hydrogen-bond donors (Lipinski definition) is 0. The molecule has 7 aromatic carbocycles. The summed E-state index contributed by atoms with van der Waals surface area (Å²) in [5, 5.41) is 5.70. The van der Waals surface area contributed by atoms with E-state index in [2.05, 4.69) is 140 Å². The minimum Gasteiger partial charge on any atom is -0.456 e. The van der Waals surface area contributed by atoms with E-state index in [-0.39, 0.29) is 0 Å². The van der Waals surface area contributed by atoms with E-state index in [0.29, 0.717) is 17.5 Å². The van der Waals surface area contributed by atoms with E-state index >= 15 is 0 Å². The average Bonchev–Trinajstić information content (AvgIpc) is 3.59. The van der Waals surface area contributed by atoms with Crippen LogP contribution in [0.25, 0.3) is 95.0 Å². The fourth-order valence-electron chi connectivity index (χ4n) is 7.58. The largest absolute Gasteiger partial charge is 0.456 e. The first kappa shape index (κ1) is 29.3. The molecule has 240 valence electrons. The van der Waals surface area contributed by atoms with Gasteiger partial charge in [0, 0.05) is 27.6 Å². The van der Waals surface area contributed by atoms with Gasteiger partial charge in [-0.25, -0.2) is 15.0 Å². The van der Waals surface area contributed by atoms with Gasteiger partial charge in [-0.1, -0.05) is 140 Å². The second-order valence-electron chi connectivity index (χ2n) is 13.1. The van der Waals surface area contributed by atoms with Crippen LogP contribution < -0.4 is 0 Å². The van der Waals surface area contributed by atoms with Crippen LogP contribution >= 0.6 is 0 Å². The lowest BCUT2D eigenvalue weighted by atomic mass is 9.91. The molecule has 0 unspecified atom stereocenters. The Morgan fingerprint density at radius 1 is 0.471 bits per heavy atom. The fraction of sp³-hybridized carbons (Fsp3) is 0.0426. The zero-order chi connectivity index (χ0) is 33.7. The van der Waals surface area contributed by atoms with Gasteiger partial charge in [0.2, 0.25) is 0 Å². The highest BCUT2D eigenvalue weighted by molar-refractivity contribution is 6.13. The van der Waals surface area contributed by atoms with Crippen LogP contribution in [-0.2, 0) is 6.42 Å². The predicted octanol–water partition coefficient (Wildman–Crippen LogP) is 12.2. The van der Waals surface area contributed by atoms with Crippen LogP contribution in [0.4, 0.5) is 0 Å². The van der Waals surface area contributed by atoms with Crippen molar-refractivity contribution in [3.63, 3.8) is 0 Å². The number of fused-ring (bicyclic) bond motifs is 6. The van der Waals surface area contributed by atoms with Gasteiger partial charge in [0.15, 0.2) is 17.5 Å². The Labute approximate surface area is 295 Å². The van der Waals surface area contributed by atoms with Crippen molar-refractivity contribution in [3.05, 3.63) is 169 Å². The molecule has 9 aromatic rings. The highest BCUT2D eigenvalue weighted by Gasteiger charge is 2.25. The van der Waals surface area contributed by atoms with Crippen molar-refractivity contribution in [1.82, 2.24) is 15.0 Å². The smallest absolute Gasteiger partial charge is 0.165 e. The molecule has 4 nitrogen and oxygen atoms in total. The number of furan rings is 1. The number of nitrogens with zero attached hydrogens (tertiary/aromatic N) is 3. The molecular weight excluding hydrogens is 623 g/mol. The summed E-state index contributed by atoms with van der Waals surface area (Å²) >= 11 is 0. The molecule has 2 heterocycles. The molecule has 0 bridgehead atoms. The van der Waals surface area contributed by atoms with E-state index in [1.165, 1.54) is 27.5 Å². The summed E-state index contributed by atoms with van der Waals surface area (Å²) in [6, 6.07) is 53.0. The molecule has 0 fully saturated rings. The second kappa shape index (κ2) is 12.0. The minimum atomic E-state index is 0.627. The maximum absolute atomic E-state index is 6.50. The summed E-state index contributed by atoms with van der Waals surface area (Å²) in [6.45, 7) is 0. The van der Waals surface area contributed by atoms with E-state index < -0.39 is 0 Å². The standard InChI is InChI=1S/C47H31N3O/c1-3-13-30(14-4-1)31-23-25-32(26-24-31)36-27-28-42-43(39-21-11-12-22-41(39)51-42)44(36)47-49-45(33-15-5-2-6-16-33)48-46(50-47)40-29-34-17-7-8-18-35(34)37-19-9-10-20-38(37)40/h1-10,12-20,22-29H,11,21H2. The van der Waals surface area contributed by atoms with E-state index in [1.54, 1.807) is 0 Å². The quantitative estimate of drug-likeness (QED) is 0.173. The number of benzene rings is 7. The first-order valence-electron chi connectivity index (χ1n) is 17.4. The van der Waals surface area contributed by atoms with Gasteiger partial charge in [0.25, 0.3) is 0 Å². The highest BCUT2D eigenvalue weighted by atomic mass is 16.3. The molecule has 0 saturated heterocycles. The Morgan fingerprint density at radius 2 is 1.10 bits per heavy atom. The lowest BCUT2D eigenvalue weighted by Gasteiger charge is -2.16. The third-order valence-corrected chi connectivity index (χ3v) is 10.0. The van der Waals surface area contributed by atoms with Crippen LogP contribution in [0.1, 0.15) is 17.7 Å². The van der Waals surface area contributed by atoms with E-state index in [9.17, 15) is 0 Å². The Morgan fingerprint density at radius 3 is 1.90 bits per heavy atom. The molecule has 4 heteroatoms. The van der Waals surface area contributed by atoms with Crippen LogP contribution in [0.3, 0.4) is 0 Å². The van der Waals surface area contributed by atoms with Crippen LogP contribution in [0, 0.1) is 0 Å². The van der Waals surface area contributed by atoms with Gasteiger partial charge >= 0.3 is 0 Å². The maximum atomic E-state index is 6.50. The molecule has 0 atom stereocenters. The van der Waals surface area contributed by atoms with E-state index in [0.717, 1.165) is 68.2 Å². The molecule has 0 aliphatic heterocycles. The summed E-state index contributed by atoms with van der Waals surface area (Å²) in [7, 11) is 0. The number of hydrogen-bond acceptors (Lipinski definition) is 4. The van der Waals surface area contributed by atoms with Gasteiger partial charge in [-0.2, -0.15) is 0 Å². The lowest BCUT2D eigenvalue weighted by Crippen LogP contribution is -2.03. The monoisotopic (exact) mass is 653 g/mol. The van der Waals surface area contributed by atoms with Gasteiger partial charge in [0.1, 0.15) is 11.3 Å². The summed E-state index contributed by atoms with van der Waals surface area (Å²) in [6.07, 6.45) is 6.14. The van der Waals surface area contributed by atoms with Crippen molar-refractivity contribution < 1.29 is 4.42 Å². The normalized spacial score (nSPS) is 12.5. The molecular formula is C47H31N3O. The molecule has 0 spiro atoms. The Hall–Kier alpha value is -6.65. The predicted molar refractivity (Wildman–Crippen MR) is 209 cm³/mol. The van der Waals surface area contributed by atoms with Gasteiger partial charge in [-0.05, 0) is 80.9 Å². The zero-order valence-electron chi connectivity index (χ0n) is 27.8. The first-order valence-corrected chi connectivity index (χ1v) is 17.4. The molecule has 1 aliphatic rings. The molecule has 0 N–H and O–H groups in total. The van der Waals surface area contributed by atoms with Gasteiger partial charge in [-0.15, -0.1) is 0 Å². The van der Waals surface area contributed by atoms with Crippen LogP contribution in [-0.4, -0.2) is 15.0 Å². The third kappa shape index (κ3) is 5.03. The molecule has 0 amide bonds. The summed E-state index contributed by atoms with van der Waals surface area (Å²) < 4.78 is 6.50. The number of aryl methyl sites for hydroxylation is 1. The van der Waals surface area contributed by atoms with Crippen molar-refractivity contribution in [2.75, 3.05) is 0 Å². The van der Waals surface area contributed by atoms with Crippen molar-refractivity contribution in [2.24, 2.45) is 0 Å². The topological polar surface area (TPSA) is 51.8 Å². The molecule has 0 saturated carbocycles. The van der Waals surface area contributed by atoms with Gasteiger partial charge < -0.3 is 4.42 Å². The van der Waals surface area contributed by atoms with E-state index in [1.807, 2.05) is 24.3 Å². The highest BCUT2D eigenvalue weighted by Crippen LogP contribution is 2.44. The van der Waals surface area contributed by atoms with Crippen LogP contribution in [0.15, 0.2) is 162 Å². The first-order chi connectivity index (χ1) is 25.3. The average molecular weight is 654 g/mol. The zero-order valence-corrected chi connectivity index (χ0v) is 27.8. The maximum Gasteiger partial charge on any atom is 0.165 e. The number of allylic oxidation sites excluding steroid dienone is 1. The molecule has 1 aliphatic carbocycles. The van der Waals surface area contributed by atoms with Gasteiger partial charge in [0.05, 0.1) is 0 Å². The van der Waals surface area contributed by atoms with Crippen molar-refractivity contribution in [2.45, 2.75) is 12.8 Å². The molecule has 2 aromatic heterocycles. The van der Waals surface area contributed by atoms with Crippen LogP contribution in [0.5, 0.6) is 0 Å². The molecule has 51 heavy (non-hydrogen) atoms. The SMILES string of the molecule is C1=Cc2oc3ccc(-c4ccc(-c5ccccc5)cc4)c(-c4nc(-c5ccccc5)nc(-c5cc6ccccc6c6ccccc56)n4)c3c2CC1. The second-order valence-corrected chi connectivity index (χ2v) is 13.1. The van der Waals surface area contributed by atoms with Crippen molar-refractivity contribution in [3.8, 4) is 56.4 Å². The Bertz CT molecular complexity index is 2780. The molecule has 10 rings (SSSR count). The molecule has 0 radical (unpaired) electrons. The van der Waals surface area contributed by atoms with Crippen molar-refractivity contribution in [1.29, 1.82) is 0 Å². The number of aromatic nitrogens is 3. The fourth-order valence-corrected chi connectivity index (χ4v) is 7.58. The Balaban J connectivity index is 1.27. The van der Waals surface area contributed by atoms with Crippen LogP contribution in [0.2, 0.25) is 0 Å².